The minimum atomic E-state index is -1.95. The highest BCUT2D eigenvalue weighted by Gasteiger charge is 2.55. The molecule has 0 radical (unpaired) electrons. The molecule has 0 aliphatic carbocycles. The van der Waals surface area contributed by atoms with Crippen molar-refractivity contribution in [3.05, 3.63) is 18.2 Å². The fourth-order valence-electron chi connectivity index (χ4n) is 4.18. The Labute approximate surface area is 214 Å². The molecule has 9 N–H and O–H groups in total. The van der Waals surface area contributed by atoms with Crippen LogP contribution in [-0.4, -0.2) is 109 Å². The van der Waals surface area contributed by atoms with Crippen molar-refractivity contribution < 1.29 is 44.7 Å². The predicted molar refractivity (Wildman–Crippen MR) is 129 cm³/mol. The molecule has 0 aromatic carbocycles. The second-order valence-corrected chi connectivity index (χ2v) is 10.1. The van der Waals surface area contributed by atoms with Crippen LogP contribution in [0, 0.1) is 11.8 Å². The van der Waals surface area contributed by atoms with Gasteiger partial charge in [-0.2, -0.15) is 0 Å². The molecule has 7 atom stereocenters. The molecule has 14 heteroatoms. The van der Waals surface area contributed by atoms with Crippen molar-refractivity contribution in [1.82, 2.24) is 25.9 Å². The van der Waals surface area contributed by atoms with Crippen LogP contribution in [0.1, 0.15) is 39.8 Å². The SMILES string of the molecule is CC(C)CC(NC(=O)C(Cc1cnc[nH]1)NC(=O)C(NC1(CO)O[C@H](CO)[C@@H](O)[C@@H]1O)C(C)C)C(=O)O. The largest absolute Gasteiger partial charge is 0.480 e. The van der Waals surface area contributed by atoms with Crippen molar-refractivity contribution in [2.45, 2.75) is 82.7 Å². The van der Waals surface area contributed by atoms with Crippen molar-refractivity contribution in [2.75, 3.05) is 13.2 Å². The lowest BCUT2D eigenvalue weighted by Crippen LogP contribution is -2.65. The molecule has 1 aliphatic rings. The molecular weight excluding hydrogens is 490 g/mol. The second kappa shape index (κ2) is 13.3. The molecule has 37 heavy (non-hydrogen) atoms. The highest BCUT2D eigenvalue weighted by atomic mass is 16.6. The maximum absolute atomic E-state index is 13.4. The van der Waals surface area contributed by atoms with Crippen LogP contribution in [0.5, 0.6) is 0 Å². The first-order valence-corrected chi connectivity index (χ1v) is 12.2. The van der Waals surface area contributed by atoms with Gasteiger partial charge in [-0.15, -0.1) is 0 Å². The van der Waals surface area contributed by atoms with Gasteiger partial charge in [0.25, 0.3) is 0 Å². The number of amides is 2. The van der Waals surface area contributed by atoms with E-state index in [1.54, 1.807) is 13.8 Å². The van der Waals surface area contributed by atoms with Crippen molar-refractivity contribution in [1.29, 1.82) is 0 Å². The summed E-state index contributed by atoms with van der Waals surface area (Å²) in [7, 11) is 0. The molecular formula is C23H39N5O9. The third-order valence-corrected chi connectivity index (χ3v) is 6.24. The monoisotopic (exact) mass is 529 g/mol. The van der Waals surface area contributed by atoms with E-state index < -0.39 is 79.1 Å². The molecule has 2 rings (SSSR count). The van der Waals surface area contributed by atoms with Gasteiger partial charge in [0.2, 0.25) is 11.8 Å². The Hall–Kier alpha value is -2.62. The predicted octanol–water partition coefficient (Wildman–Crippen LogP) is -2.53. The lowest BCUT2D eigenvalue weighted by Gasteiger charge is -2.36. The summed E-state index contributed by atoms with van der Waals surface area (Å²) in [5, 5.41) is 57.5. The molecule has 2 heterocycles. The Morgan fingerprint density at radius 3 is 2.22 bits per heavy atom. The Kier molecular flexibility index (Phi) is 11.0. The molecule has 1 saturated heterocycles. The molecule has 1 aliphatic heterocycles. The summed E-state index contributed by atoms with van der Waals surface area (Å²) in [6.45, 7) is 5.53. The summed E-state index contributed by atoms with van der Waals surface area (Å²) >= 11 is 0. The average Bonchev–Trinajstić information content (AvgIpc) is 3.43. The van der Waals surface area contributed by atoms with Crippen LogP contribution in [0.3, 0.4) is 0 Å². The van der Waals surface area contributed by atoms with Gasteiger partial charge in [-0.1, -0.05) is 27.7 Å². The number of hydrogen-bond donors (Lipinski definition) is 9. The lowest BCUT2D eigenvalue weighted by molar-refractivity contribution is -0.153. The number of imidazole rings is 1. The number of nitrogens with zero attached hydrogens (tertiary/aromatic N) is 1. The number of carboxylic acid groups (broad SMARTS) is 1. The fraction of sp³-hybridized carbons (Fsp3) is 0.739. The number of carboxylic acids is 1. The standard InChI is InChI=1S/C23H39N5O9/c1-11(2)5-15(22(35)36)27-20(33)14(6-13-7-24-10-25-13)26-21(34)17(12(3)4)28-23(9-30)19(32)18(31)16(8-29)37-23/h7,10-12,14-19,28-32H,5-6,8-9H2,1-4H3,(H,24,25)(H,26,34)(H,27,33)(H,35,36)/t14?,15?,16-,17?,18-,19+,23?/m1/s1. The molecule has 210 valence electrons. The smallest absolute Gasteiger partial charge is 0.326 e. The van der Waals surface area contributed by atoms with Crippen molar-refractivity contribution in [3.63, 3.8) is 0 Å². The van der Waals surface area contributed by atoms with Gasteiger partial charge in [-0.3, -0.25) is 14.9 Å². The minimum Gasteiger partial charge on any atom is -0.480 e. The number of aromatic nitrogens is 2. The number of aromatic amines is 1. The number of H-pyrrole nitrogens is 1. The van der Waals surface area contributed by atoms with Crippen molar-refractivity contribution >= 4 is 17.8 Å². The summed E-state index contributed by atoms with van der Waals surface area (Å²) in [5.41, 5.74) is -1.44. The van der Waals surface area contributed by atoms with E-state index in [4.69, 9.17) is 4.74 Å². The number of carbonyl (C=O) groups excluding carboxylic acids is 2. The number of hydrogen-bond acceptors (Lipinski definition) is 10. The second-order valence-electron chi connectivity index (χ2n) is 10.1. The Balaban J connectivity index is 2.26. The lowest BCUT2D eigenvalue weighted by atomic mass is 9.97. The number of aliphatic carboxylic acids is 1. The fourth-order valence-corrected chi connectivity index (χ4v) is 4.18. The van der Waals surface area contributed by atoms with Crippen LogP contribution in [0.15, 0.2) is 12.5 Å². The minimum absolute atomic E-state index is 0.0119. The third-order valence-electron chi connectivity index (χ3n) is 6.24. The molecule has 0 spiro atoms. The van der Waals surface area contributed by atoms with Crippen LogP contribution in [-0.2, 0) is 25.5 Å². The van der Waals surface area contributed by atoms with E-state index >= 15 is 0 Å². The van der Waals surface area contributed by atoms with Gasteiger partial charge < -0.3 is 45.9 Å². The quantitative estimate of drug-likeness (QED) is 0.122. The maximum Gasteiger partial charge on any atom is 0.326 e. The number of aliphatic hydroxyl groups excluding tert-OH is 4. The summed E-state index contributed by atoms with van der Waals surface area (Å²) in [4.78, 5) is 44.9. The highest BCUT2D eigenvalue weighted by Crippen LogP contribution is 2.30. The zero-order valence-electron chi connectivity index (χ0n) is 21.4. The molecule has 0 saturated carbocycles. The first-order chi connectivity index (χ1) is 17.3. The van der Waals surface area contributed by atoms with E-state index in [1.807, 2.05) is 13.8 Å². The van der Waals surface area contributed by atoms with Crippen LogP contribution >= 0.6 is 0 Å². The van der Waals surface area contributed by atoms with Gasteiger partial charge in [0, 0.05) is 18.3 Å². The third kappa shape index (κ3) is 7.69. The number of carbonyl (C=O) groups is 3. The van der Waals surface area contributed by atoms with Crippen molar-refractivity contribution in [2.24, 2.45) is 11.8 Å². The molecule has 1 fully saturated rings. The summed E-state index contributed by atoms with van der Waals surface area (Å²) in [5.74, 6) is -3.08. The number of nitrogens with one attached hydrogen (secondary N) is 4. The van der Waals surface area contributed by atoms with Gasteiger partial charge in [-0.25, -0.2) is 9.78 Å². The van der Waals surface area contributed by atoms with Gasteiger partial charge in [0.1, 0.15) is 30.4 Å². The number of ether oxygens (including phenoxy) is 1. The van der Waals surface area contributed by atoms with Gasteiger partial charge in [0.05, 0.1) is 25.6 Å². The molecule has 4 unspecified atom stereocenters. The van der Waals surface area contributed by atoms with Crippen LogP contribution in [0.25, 0.3) is 0 Å². The molecule has 2 amide bonds. The van der Waals surface area contributed by atoms with E-state index in [-0.39, 0.29) is 18.8 Å². The van der Waals surface area contributed by atoms with E-state index in [1.165, 1.54) is 12.5 Å². The molecule has 0 bridgehead atoms. The normalized spacial score (nSPS) is 26.2. The van der Waals surface area contributed by atoms with Crippen LogP contribution in [0.4, 0.5) is 0 Å². The zero-order valence-corrected chi connectivity index (χ0v) is 21.4. The van der Waals surface area contributed by atoms with Crippen molar-refractivity contribution in [3.8, 4) is 0 Å². The van der Waals surface area contributed by atoms with E-state index in [2.05, 4.69) is 25.9 Å². The zero-order chi connectivity index (χ0) is 27.9. The number of rotatable bonds is 14. The summed E-state index contributed by atoms with van der Waals surface area (Å²) in [6, 6.07) is -3.49. The van der Waals surface area contributed by atoms with Crippen LogP contribution in [0.2, 0.25) is 0 Å². The van der Waals surface area contributed by atoms with Gasteiger partial charge in [-0.05, 0) is 18.3 Å². The maximum atomic E-state index is 13.4. The molecule has 1 aromatic heterocycles. The Morgan fingerprint density at radius 2 is 1.76 bits per heavy atom. The Morgan fingerprint density at radius 1 is 1.11 bits per heavy atom. The van der Waals surface area contributed by atoms with E-state index in [9.17, 15) is 39.9 Å². The van der Waals surface area contributed by atoms with Gasteiger partial charge in [0.15, 0.2) is 5.72 Å². The highest BCUT2D eigenvalue weighted by molar-refractivity contribution is 5.92. The summed E-state index contributed by atoms with van der Waals surface area (Å²) in [6.07, 6.45) is -1.35. The molecule has 1 aromatic rings. The molecule has 14 nitrogen and oxygen atoms in total. The first-order valence-electron chi connectivity index (χ1n) is 12.2. The Bertz CT molecular complexity index is 897. The van der Waals surface area contributed by atoms with Gasteiger partial charge >= 0.3 is 5.97 Å². The average molecular weight is 530 g/mol. The van der Waals surface area contributed by atoms with E-state index in [0.29, 0.717) is 5.69 Å². The number of aliphatic hydroxyl groups is 4. The summed E-state index contributed by atoms with van der Waals surface area (Å²) < 4.78 is 5.51. The topological polar surface area (TPSA) is 226 Å². The van der Waals surface area contributed by atoms with E-state index in [0.717, 1.165) is 0 Å². The first kappa shape index (κ1) is 30.6. The van der Waals surface area contributed by atoms with Crippen LogP contribution < -0.4 is 16.0 Å².